The van der Waals surface area contributed by atoms with Crippen molar-refractivity contribution in [2.45, 2.75) is 37.9 Å². The first kappa shape index (κ1) is 13.6. The zero-order valence-corrected chi connectivity index (χ0v) is 12.1. The first-order valence-electron chi connectivity index (χ1n) is 7.31. The molecule has 0 saturated carbocycles. The van der Waals surface area contributed by atoms with Crippen LogP contribution >= 0.6 is 0 Å². The predicted molar refractivity (Wildman–Crippen MR) is 76.8 cm³/mol. The van der Waals surface area contributed by atoms with Gasteiger partial charge in [-0.05, 0) is 25.8 Å². The molecule has 0 radical (unpaired) electrons. The Bertz CT molecular complexity index is 619. The van der Waals surface area contributed by atoms with Crippen molar-refractivity contribution in [2.75, 3.05) is 13.1 Å². The Balaban J connectivity index is 1.73. The second kappa shape index (κ2) is 5.18. The van der Waals surface area contributed by atoms with Crippen LogP contribution in [0.4, 0.5) is 0 Å². The van der Waals surface area contributed by atoms with Crippen LogP contribution in [-0.4, -0.2) is 39.2 Å². The van der Waals surface area contributed by atoms with Crippen LogP contribution in [0.3, 0.4) is 0 Å². The average molecular weight is 278 g/mol. The Labute approximate surface area is 118 Å². The summed E-state index contributed by atoms with van der Waals surface area (Å²) in [6.07, 6.45) is 3.70. The summed E-state index contributed by atoms with van der Waals surface area (Å²) in [6, 6.07) is 2.67. The normalized spacial score (nSPS) is 26.1. The van der Waals surface area contributed by atoms with Crippen LogP contribution in [0.15, 0.2) is 15.7 Å². The van der Waals surface area contributed by atoms with Gasteiger partial charge in [-0.3, -0.25) is 18.8 Å². The van der Waals surface area contributed by atoms with Gasteiger partial charge in [-0.15, -0.1) is 0 Å². The van der Waals surface area contributed by atoms with Crippen molar-refractivity contribution in [1.29, 1.82) is 0 Å². The van der Waals surface area contributed by atoms with Crippen molar-refractivity contribution in [3.05, 3.63) is 32.6 Å². The third-order valence-electron chi connectivity index (χ3n) is 4.78. The largest absolute Gasteiger partial charge is 0.330 e. The molecule has 0 amide bonds. The lowest BCUT2D eigenvalue weighted by Crippen LogP contribution is -2.42. The monoisotopic (exact) mass is 278 g/mol. The highest BCUT2D eigenvalue weighted by molar-refractivity contribution is 5.04. The number of fused-ring (bicyclic) bond motifs is 1. The van der Waals surface area contributed by atoms with Gasteiger partial charge in [0.15, 0.2) is 0 Å². The lowest BCUT2D eigenvalue weighted by molar-refractivity contribution is 0.297. The van der Waals surface area contributed by atoms with Crippen LogP contribution in [0.25, 0.3) is 0 Å². The van der Waals surface area contributed by atoms with E-state index in [9.17, 15) is 9.59 Å². The van der Waals surface area contributed by atoms with Crippen LogP contribution < -0.4 is 16.6 Å². The molecular formula is C14H22N4O2. The first-order valence-corrected chi connectivity index (χ1v) is 7.31. The lowest BCUT2D eigenvalue weighted by atomic mass is 10.1. The van der Waals surface area contributed by atoms with Crippen LogP contribution in [0.1, 0.15) is 25.0 Å². The van der Waals surface area contributed by atoms with Gasteiger partial charge in [-0.25, -0.2) is 4.79 Å². The van der Waals surface area contributed by atoms with E-state index in [1.165, 1.54) is 26.4 Å². The number of hydrogen-bond donors (Lipinski definition) is 1. The van der Waals surface area contributed by atoms with E-state index in [1.807, 2.05) is 0 Å². The summed E-state index contributed by atoms with van der Waals surface area (Å²) >= 11 is 0. The minimum Gasteiger partial charge on any atom is -0.307 e. The molecule has 1 N–H and O–H groups in total. The molecule has 2 unspecified atom stereocenters. The highest BCUT2D eigenvalue weighted by atomic mass is 16.2. The average Bonchev–Trinajstić information content (AvgIpc) is 3.02. The minimum atomic E-state index is -0.261. The second-order valence-electron chi connectivity index (χ2n) is 5.90. The Morgan fingerprint density at radius 3 is 2.80 bits per heavy atom. The smallest absolute Gasteiger partial charge is 0.307 e. The molecule has 2 fully saturated rings. The summed E-state index contributed by atoms with van der Waals surface area (Å²) < 4.78 is 2.69. The Morgan fingerprint density at radius 1 is 1.20 bits per heavy atom. The lowest BCUT2D eigenvalue weighted by Gasteiger charge is -2.21. The molecular weight excluding hydrogens is 256 g/mol. The fourth-order valence-electron chi connectivity index (χ4n) is 3.50. The summed E-state index contributed by atoms with van der Waals surface area (Å²) in [5.41, 5.74) is 0.261. The summed E-state index contributed by atoms with van der Waals surface area (Å²) in [5.74, 6) is 0. The summed E-state index contributed by atoms with van der Waals surface area (Å²) in [7, 11) is 3.23. The molecule has 3 heterocycles. The Morgan fingerprint density at radius 2 is 2.00 bits per heavy atom. The van der Waals surface area contributed by atoms with Gasteiger partial charge >= 0.3 is 5.69 Å². The quantitative estimate of drug-likeness (QED) is 0.803. The van der Waals surface area contributed by atoms with Gasteiger partial charge in [0.25, 0.3) is 5.56 Å². The molecule has 6 heteroatoms. The van der Waals surface area contributed by atoms with Crippen molar-refractivity contribution in [2.24, 2.45) is 14.1 Å². The maximum Gasteiger partial charge on any atom is 0.330 e. The maximum absolute atomic E-state index is 11.9. The van der Waals surface area contributed by atoms with Crippen LogP contribution in [-0.2, 0) is 20.6 Å². The minimum absolute atomic E-state index is 0.237. The molecule has 0 aliphatic carbocycles. The third-order valence-corrected chi connectivity index (χ3v) is 4.78. The number of nitrogens with zero attached hydrogens (tertiary/aromatic N) is 3. The number of nitrogens with one attached hydrogen (secondary N) is 1. The fourth-order valence-corrected chi connectivity index (χ4v) is 3.50. The van der Waals surface area contributed by atoms with E-state index < -0.39 is 0 Å². The molecule has 20 heavy (non-hydrogen) atoms. The van der Waals surface area contributed by atoms with Gasteiger partial charge in [0.2, 0.25) is 0 Å². The second-order valence-corrected chi connectivity index (χ2v) is 5.90. The van der Waals surface area contributed by atoms with Gasteiger partial charge in [-0.1, -0.05) is 0 Å². The molecule has 1 aromatic heterocycles. The molecule has 0 bridgehead atoms. The van der Waals surface area contributed by atoms with E-state index in [4.69, 9.17) is 0 Å². The van der Waals surface area contributed by atoms with Crippen molar-refractivity contribution in [3.8, 4) is 0 Å². The Kier molecular flexibility index (Phi) is 3.52. The first-order chi connectivity index (χ1) is 9.58. The zero-order chi connectivity index (χ0) is 14.3. The van der Waals surface area contributed by atoms with E-state index in [0.717, 1.165) is 23.2 Å². The summed E-state index contributed by atoms with van der Waals surface area (Å²) in [6.45, 7) is 2.96. The van der Waals surface area contributed by atoms with E-state index in [0.29, 0.717) is 18.6 Å². The Hall–Kier alpha value is -1.40. The summed E-state index contributed by atoms with van der Waals surface area (Å²) in [5, 5.41) is 3.53. The van der Waals surface area contributed by atoms with Crippen molar-refractivity contribution in [1.82, 2.24) is 19.4 Å². The molecule has 2 aliphatic heterocycles. The number of rotatable bonds is 3. The van der Waals surface area contributed by atoms with Gasteiger partial charge < -0.3 is 5.32 Å². The van der Waals surface area contributed by atoms with E-state index >= 15 is 0 Å². The van der Waals surface area contributed by atoms with E-state index in [-0.39, 0.29) is 11.2 Å². The third kappa shape index (κ3) is 2.23. The van der Waals surface area contributed by atoms with Gasteiger partial charge in [-0.2, -0.15) is 0 Å². The van der Waals surface area contributed by atoms with Crippen molar-refractivity contribution < 1.29 is 0 Å². The molecule has 110 valence electrons. The fraction of sp³-hybridized carbons (Fsp3) is 0.714. The van der Waals surface area contributed by atoms with Gasteiger partial charge in [0, 0.05) is 51.0 Å². The highest BCUT2D eigenvalue weighted by Crippen LogP contribution is 2.27. The molecule has 0 spiro atoms. The van der Waals surface area contributed by atoms with Crippen LogP contribution in [0.5, 0.6) is 0 Å². The predicted octanol–water partition coefficient (Wildman–Crippen LogP) is -0.590. The number of aromatic nitrogens is 2. The van der Waals surface area contributed by atoms with E-state index in [1.54, 1.807) is 17.7 Å². The molecule has 3 rings (SSSR count). The molecule has 2 atom stereocenters. The topological polar surface area (TPSA) is 59.3 Å². The van der Waals surface area contributed by atoms with Crippen LogP contribution in [0.2, 0.25) is 0 Å². The summed E-state index contributed by atoms with van der Waals surface area (Å²) in [4.78, 5) is 26.1. The zero-order valence-electron chi connectivity index (χ0n) is 12.1. The molecule has 0 aromatic carbocycles. The van der Waals surface area contributed by atoms with E-state index in [2.05, 4.69) is 10.2 Å². The van der Waals surface area contributed by atoms with Gasteiger partial charge in [0.1, 0.15) is 0 Å². The molecule has 2 saturated heterocycles. The molecule has 1 aromatic rings. The maximum atomic E-state index is 11.9. The van der Waals surface area contributed by atoms with Crippen molar-refractivity contribution >= 4 is 0 Å². The SMILES string of the molecule is Cn1c(CNC2CCN3CCCC23)cc(=O)n(C)c1=O. The number of hydrogen-bond acceptors (Lipinski definition) is 4. The standard InChI is InChI=1S/C14H22N4O2/c1-16-10(8-13(19)17(2)14(16)20)9-15-11-5-7-18-6-3-4-12(11)18/h8,11-12,15H,3-7,9H2,1-2H3. The van der Waals surface area contributed by atoms with Crippen molar-refractivity contribution in [3.63, 3.8) is 0 Å². The van der Waals surface area contributed by atoms with Gasteiger partial charge in [0.05, 0.1) is 0 Å². The molecule has 2 aliphatic rings. The highest BCUT2D eigenvalue weighted by Gasteiger charge is 2.36. The van der Waals surface area contributed by atoms with Crippen LogP contribution in [0, 0.1) is 0 Å². The molecule has 6 nitrogen and oxygen atoms in total.